The average molecular weight is 335 g/mol. The fourth-order valence-electron chi connectivity index (χ4n) is 1.99. The van der Waals surface area contributed by atoms with Gasteiger partial charge in [0.2, 0.25) is 0 Å². The molecule has 2 aromatic carbocycles. The van der Waals surface area contributed by atoms with Crippen LogP contribution >= 0.6 is 0 Å². The van der Waals surface area contributed by atoms with E-state index in [-0.39, 0.29) is 12.1 Å². The first-order valence-electron chi connectivity index (χ1n) is 6.36. The molecule has 0 aliphatic heterocycles. The van der Waals surface area contributed by atoms with Crippen molar-refractivity contribution in [3.8, 4) is 16.9 Å². The number of alkyl halides is 6. The van der Waals surface area contributed by atoms with Crippen molar-refractivity contribution in [1.82, 2.24) is 0 Å². The van der Waals surface area contributed by atoms with Crippen LogP contribution in [0.3, 0.4) is 0 Å². The number of hydrogen-bond acceptors (Lipinski definition) is 2. The number of ether oxygens (including phenoxy) is 1. The molecule has 2 rings (SSSR count). The highest BCUT2D eigenvalue weighted by molar-refractivity contribution is 5.66. The Morgan fingerprint density at radius 1 is 0.826 bits per heavy atom. The van der Waals surface area contributed by atoms with Crippen molar-refractivity contribution in [2.45, 2.75) is 19.1 Å². The minimum atomic E-state index is -4.87. The Bertz CT molecular complexity index is 676. The van der Waals surface area contributed by atoms with E-state index in [0.29, 0.717) is 11.1 Å². The van der Waals surface area contributed by atoms with E-state index < -0.39 is 23.9 Å². The molecule has 0 aliphatic carbocycles. The maximum absolute atomic E-state index is 12.5. The quantitative estimate of drug-likeness (QED) is 0.823. The maximum Gasteiger partial charge on any atom is 0.573 e. The first kappa shape index (κ1) is 17.1. The number of nitrogens with two attached hydrogens (primary N) is 1. The summed E-state index contributed by atoms with van der Waals surface area (Å²) in [5.74, 6) is -0.477. The summed E-state index contributed by atoms with van der Waals surface area (Å²) in [4.78, 5) is 0. The van der Waals surface area contributed by atoms with Crippen LogP contribution in [0.1, 0.15) is 11.1 Å². The van der Waals surface area contributed by atoms with Crippen LogP contribution in [-0.4, -0.2) is 6.36 Å². The molecule has 0 saturated heterocycles. The average Bonchev–Trinajstić information content (AvgIpc) is 2.44. The van der Waals surface area contributed by atoms with Crippen molar-refractivity contribution in [1.29, 1.82) is 0 Å². The molecule has 0 atom stereocenters. The van der Waals surface area contributed by atoms with Crippen LogP contribution in [0.5, 0.6) is 5.75 Å². The van der Waals surface area contributed by atoms with E-state index in [0.717, 1.165) is 24.3 Å². The molecule has 2 nitrogen and oxygen atoms in total. The topological polar surface area (TPSA) is 35.2 Å². The van der Waals surface area contributed by atoms with Gasteiger partial charge >= 0.3 is 12.5 Å². The van der Waals surface area contributed by atoms with Crippen molar-refractivity contribution in [2.24, 2.45) is 5.73 Å². The van der Waals surface area contributed by atoms with Crippen molar-refractivity contribution in [2.75, 3.05) is 0 Å². The van der Waals surface area contributed by atoms with Gasteiger partial charge in [0.15, 0.2) is 0 Å². The van der Waals surface area contributed by atoms with Gasteiger partial charge in [0.25, 0.3) is 0 Å². The third kappa shape index (κ3) is 4.62. The summed E-state index contributed by atoms with van der Waals surface area (Å²) in [6.45, 7) is -0.0390. The van der Waals surface area contributed by atoms with E-state index in [1.54, 1.807) is 0 Å². The molecule has 0 amide bonds. The Labute approximate surface area is 127 Å². The summed E-state index contributed by atoms with van der Waals surface area (Å²) in [7, 11) is 0. The normalized spacial score (nSPS) is 12.3. The summed E-state index contributed by atoms with van der Waals surface area (Å²) in [5, 5.41) is 0. The molecule has 0 bridgehead atoms. The second kappa shape index (κ2) is 6.11. The summed E-state index contributed by atoms with van der Waals surface area (Å²) in [5.41, 5.74) is 5.54. The molecule has 0 saturated carbocycles. The first-order chi connectivity index (χ1) is 10.6. The van der Waals surface area contributed by atoms with Gasteiger partial charge < -0.3 is 10.5 Å². The van der Waals surface area contributed by atoms with Crippen molar-refractivity contribution < 1.29 is 31.1 Å². The lowest BCUT2D eigenvalue weighted by Gasteiger charge is -2.13. The van der Waals surface area contributed by atoms with E-state index in [1.165, 1.54) is 18.2 Å². The first-order valence-corrected chi connectivity index (χ1v) is 6.36. The van der Waals surface area contributed by atoms with E-state index in [9.17, 15) is 26.3 Å². The molecule has 0 radical (unpaired) electrons. The molecule has 0 fully saturated rings. The Balaban J connectivity index is 2.40. The Kier molecular flexibility index (Phi) is 4.56. The van der Waals surface area contributed by atoms with E-state index in [2.05, 4.69) is 4.74 Å². The van der Waals surface area contributed by atoms with Gasteiger partial charge in [-0.05, 0) is 47.0 Å². The molecule has 124 valence electrons. The van der Waals surface area contributed by atoms with E-state index in [1.807, 2.05) is 0 Å². The van der Waals surface area contributed by atoms with E-state index in [4.69, 9.17) is 5.73 Å². The lowest BCUT2D eigenvalue weighted by molar-refractivity contribution is -0.274. The zero-order valence-corrected chi connectivity index (χ0v) is 11.5. The summed E-state index contributed by atoms with van der Waals surface area (Å²) < 4.78 is 78.4. The Hall–Kier alpha value is -2.22. The highest BCUT2D eigenvalue weighted by atomic mass is 19.4. The number of halogens is 6. The minimum absolute atomic E-state index is 0.0390. The molecule has 8 heteroatoms. The molecule has 0 unspecified atom stereocenters. The van der Waals surface area contributed by atoms with Crippen molar-refractivity contribution in [3.63, 3.8) is 0 Å². The second-order valence-electron chi connectivity index (χ2n) is 4.69. The van der Waals surface area contributed by atoms with Crippen LogP contribution in [-0.2, 0) is 12.7 Å². The summed E-state index contributed by atoms with van der Waals surface area (Å²) in [6.07, 6.45) is -9.35. The fourth-order valence-corrected chi connectivity index (χ4v) is 1.99. The van der Waals surface area contributed by atoms with Crippen LogP contribution < -0.4 is 10.5 Å². The SMILES string of the molecule is NCc1cc(OC(F)(F)F)cc(-c2ccc(C(F)(F)F)cc2)c1. The van der Waals surface area contributed by atoms with Crippen LogP contribution in [0.2, 0.25) is 0 Å². The number of benzene rings is 2. The van der Waals surface area contributed by atoms with Gasteiger partial charge in [-0.2, -0.15) is 13.2 Å². The molecule has 0 aromatic heterocycles. The molecule has 2 N–H and O–H groups in total. The zero-order chi connectivity index (χ0) is 17.3. The van der Waals surface area contributed by atoms with Crippen molar-refractivity contribution in [3.05, 3.63) is 53.6 Å². The largest absolute Gasteiger partial charge is 0.573 e. The highest BCUT2D eigenvalue weighted by Gasteiger charge is 2.32. The van der Waals surface area contributed by atoms with Gasteiger partial charge in [0.05, 0.1) is 5.56 Å². The predicted octanol–water partition coefficient (Wildman–Crippen LogP) is 4.73. The standard InChI is InChI=1S/C15H11F6NO/c16-14(17,18)12-3-1-10(2-4-12)11-5-9(8-22)6-13(7-11)23-15(19,20)21/h1-7H,8,22H2. The monoisotopic (exact) mass is 335 g/mol. The summed E-state index contributed by atoms with van der Waals surface area (Å²) >= 11 is 0. The van der Waals surface area contributed by atoms with Crippen LogP contribution in [0.25, 0.3) is 11.1 Å². The van der Waals surface area contributed by atoms with Gasteiger partial charge in [0, 0.05) is 6.54 Å². The lowest BCUT2D eigenvalue weighted by Crippen LogP contribution is -2.17. The molecule has 0 spiro atoms. The minimum Gasteiger partial charge on any atom is -0.406 e. The van der Waals surface area contributed by atoms with Gasteiger partial charge in [-0.1, -0.05) is 12.1 Å². The molecule has 0 heterocycles. The smallest absolute Gasteiger partial charge is 0.406 e. The van der Waals surface area contributed by atoms with Crippen molar-refractivity contribution >= 4 is 0 Å². The third-order valence-electron chi connectivity index (χ3n) is 2.98. The summed E-state index contributed by atoms with van der Waals surface area (Å²) in [6, 6.07) is 7.78. The fraction of sp³-hybridized carbons (Fsp3) is 0.200. The molecular formula is C15H11F6NO. The molecular weight excluding hydrogens is 324 g/mol. The van der Waals surface area contributed by atoms with Crippen LogP contribution in [0.15, 0.2) is 42.5 Å². The van der Waals surface area contributed by atoms with Gasteiger partial charge in [0.1, 0.15) is 5.75 Å². The van der Waals surface area contributed by atoms with Gasteiger partial charge in [-0.15, -0.1) is 13.2 Å². The third-order valence-corrected chi connectivity index (χ3v) is 2.98. The number of hydrogen-bond donors (Lipinski definition) is 1. The van der Waals surface area contributed by atoms with Crippen LogP contribution in [0, 0.1) is 0 Å². The predicted molar refractivity (Wildman–Crippen MR) is 71.5 cm³/mol. The van der Waals surface area contributed by atoms with Gasteiger partial charge in [-0.25, -0.2) is 0 Å². The van der Waals surface area contributed by atoms with E-state index >= 15 is 0 Å². The Morgan fingerprint density at radius 3 is 1.91 bits per heavy atom. The molecule has 0 aliphatic rings. The Morgan fingerprint density at radius 2 is 1.43 bits per heavy atom. The number of rotatable bonds is 3. The highest BCUT2D eigenvalue weighted by Crippen LogP contribution is 2.33. The zero-order valence-electron chi connectivity index (χ0n) is 11.5. The van der Waals surface area contributed by atoms with Crippen LogP contribution in [0.4, 0.5) is 26.3 Å². The van der Waals surface area contributed by atoms with Gasteiger partial charge in [-0.3, -0.25) is 0 Å². The molecule has 23 heavy (non-hydrogen) atoms. The lowest BCUT2D eigenvalue weighted by atomic mass is 10.0. The molecule has 2 aromatic rings. The maximum atomic E-state index is 12.5. The second-order valence-corrected chi connectivity index (χ2v) is 4.69.